The van der Waals surface area contributed by atoms with E-state index in [4.69, 9.17) is 9.47 Å². The van der Waals surface area contributed by atoms with E-state index in [1.165, 1.54) is 12.1 Å². The Bertz CT molecular complexity index is 954. The zero-order valence-corrected chi connectivity index (χ0v) is 15.9. The highest BCUT2D eigenvalue weighted by molar-refractivity contribution is 9.10. The minimum absolute atomic E-state index is 0.0108. The van der Waals surface area contributed by atoms with Gasteiger partial charge in [-0.05, 0) is 55.0 Å². The Hall–Kier alpha value is -3.00. The van der Waals surface area contributed by atoms with Gasteiger partial charge in [0, 0.05) is 22.6 Å². The summed E-state index contributed by atoms with van der Waals surface area (Å²) in [5.41, 5.74) is 1.38. The van der Waals surface area contributed by atoms with Crippen molar-refractivity contribution < 1.29 is 18.7 Å². The maximum absolute atomic E-state index is 13.7. The minimum atomic E-state index is -0.544. The first-order valence-electron chi connectivity index (χ1n) is 7.94. The predicted molar refractivity (Wildman–Crippen MR) is 102 cm³/mol. The number of nitrogens with one attached hydrogen (secondary N) is 1. The van der Waals surface area contributed by atoms with Crippen LogP contribution in [0.15, 0.2) is 59.3 Å². The molecule has 1 heterocycles. The molecule has 0 saturated heterocycles. The lowest BCUT2D eigenvalue weighted by Gasteiger charge is -2.11. The summed E-state index contributed by atoms with van der Waals surface area (Å²) in [5.74, 6) is -0.389. The predicted octanol–water partition coefficient (Wildman–Crippen LogP) is 4.50. The number of hydrogen-bond donors (Lipinski definition) is 1. The molecule has 0 fully saturated rings. The molecule has 3 aromatic rings. The molecule has 0 unspecified atom stereocenters. The molecule has 1 N–H and O–H groups in total. The molecular weight excluding hydrogens is 417 g/mol. The van der Waals surface area contributed by atoms with Crippen molar-refractivity contribution in [3.63, 3.8) is 0 Å². The Morgan fingerprint density at radius 3 is 2.67 bits per heavy atom. The summed E-state index contributed by atoms with van der Waals surface area (Å²) in [6, 6.07) is 11.4. The first-order chi connectivity index (χ1) is 13.0. The van der Waals surface area contributed by atoms with Gasteiger partial charge in [0.15, 0.2) is 18.2 Å². The number of benzene rings is 2. The lowest BCUT2D eigenvalue weighted by atomic mass is 10.2. The average Bonchev–Trinajstić information content (AvgIpc) is 2.64. The first kappa shape index (κ1) is 18.8. The van der Waals surface area contributed by atoms with Crippen molar-refractivity contribution in [3.8, 4) is 17.5 Å². The van der Waals surface area contributed by atoms with Gasteiger partial charge in [0.2, 0.25) is 0 Å². The molecule has 1 amide bonds. The van der Waals surface area contributed by atoms with Crippen molar-refractivity contribution in [2.75, 3.05) is 11.9 Å². The number of nitrogens with zero attached hydrogens (tertiary/aromatic N) is 2. The monoisotopic (exact) mass is 431 g/mol. The number of carbonyl (C=O) groups excluding carboxylic acids is 1. The Labute approximate surface area is 163 Å². The number of carbonyl (C=O) groups is 1. The third kappa shape index (κ3) is 5.24. The molecule has 2 aromatic carbocycles. The number of hydrogen-bond acceptors (Lipinski definition) is 5. The van der Waals surface area contributed by atoms with Crippen LogP contribution in [0.3, 0.4) is 0 Å². The van der Waals surface area contributed by atoms with Gasteiger partial charge in [-0.15, -0.1) is 0 Å². The number of rotatable bonds is 6. The van der Waals surface area contributed by atoms with Crippen LogP contribution in [0.1, 0.15) is 5.56 Å². The quantitative estimate of drug-likeness (QED) is 0.621. The fraction of sp³-hybridized carbons (Fsp3) is 0.105. The first-order valence-corrected chi connectivity index (χ1v) is 8.74. The summed E-state index contributed by atoms with van der Waals surface area (Å²) in [7, 11) is 0. The molecule has 0 saturated carbocycles. The normalized spacial score (nSPS) is 10.3. The summed E-state index contributed by atoms with van der Waals surface area (Å²) in [5, 5.41) is 2.72. The molecule has 0 aliphatic rings. The van der Waals surface area contributed by atoms with E-state index >= 15 is 0 Å². The molecule has 0 radical (unpaired) electrons. The van der Waals surface area contributed by atoms with Crippen molar-refractivity contribution in [1.82, 2.24) is 9.97 Å². The van der Waals surface area contributed by atoms with E-state index in [1.807, 2.05) is 6.92 Å². The van der Waals surface area contributed by atoms with Crippen molar-refractivity contribution in [1.29, 1.82) is 0 Å². The number of halogens is 2. The molecule has 6 nitrogen and oxygen atoms in total. The van der Waals surface area contributed by atoms with E-state index in [1.54, 1.807) is 42.7 Å². The van der Waals surface area contributed by atoms with E-state index in [-0.39, 0.29) is 18.4 Å². The lowest BCUT2D eigenvalue weighted by molar-refractivity contribution is -0.118. The number of aromatic nitrogens is 2. The highest BCUT2D eigenvalue weighted by atomic mass is 79.9. The number of anilines is 1. The van der Waals surface area contributed by atoms with Crippen LogP contribution < -0.4 is 14.8 Å². The zero-order chi connectivity index (χ0) is 19.2. The smallest absolute Gasteiger partial charge is 0.321 e. The zero-order valence-electron chi connectivity index (χ0n) is 14.3. The average molecular weight is 432 g/mol. The Kier molecular flexibility index (Phi) is 5.97. The topological polar surface area (TPSA) is 73.3 Å². The molecule has 0 aliphatic carbocycles. The van der Waals surface area contributed by atoms with Gasteiger partial charge in [-0.3, -0.25) is 4.79 Å². The Morgan fingerprint density at radius 1 is 1.19 bits per heavy atom. The SMILES string of the molecule is Cc1cc(Oc2ncccn2)ccc1NC(=O)COc1ccc(Br)cc1F. The van der Waals surface area contributed by atoms with E-state index in [0.717, 1.165) is 5.56 Å². The second kappa shape index (κ2) is 8.59. The molecule has 1 aromatic heterocycles. The van der Waals surface area contributed by atoms with Crippen LogP contribution >= 0.6 is 15.9 Å². The third-order valence-electron chi connectivity index (χ3n) is 3.48. The van der Waals surface area contributed by atoms with Crippen molar-refractivity contribution in [2.45, 2.75) is 6.92 Å². The summed E-state index contributed by atoms with van der Waals surface area (Å²) in [6.07, 6.45) is 3.16. The maximum atomic E-state index is 13.7. The van der Waals surface area contributed by atoms with Crippen LogP contribution in [0, 0.1) is 12.7 Å². The van der Waals surface area contributed by atoms with E-state index < -0.39 is 11.7 Å². The molecule has 138 valence electrons. The molecule has 27 heavy (non-hydrogen) atoms. The fourth-order valence-electron chi connectivity index (χ4n) is 2.21. The van der Waals surface area contributed by atoms with Crippen LogP contribution in [0.4, 0.5) is 10.1 Å². The van der Waals surface area contributed by atoms with Gasteiger partial charge in [0.05, 0.1) is 0 Å². The number of amides is 1. The number of aryl methyl sites for hydroxylation is 1. The van der Waals surface area contributed by atoms with Gasteiger partial charge >= 0.3 is 6.01 Å². The summed E-state index contributed by atoms with van der Waals surface area (Å²) in [6.45, 7) is 1.51. The maximum Gasteiger partial charge on any atom is 0.321 e. The van der Waals surface area contributed by atoms with Gasteiger partial charge in [-0.2, -0.15) is 0 Å². The molecule has 0 atom stereocenters. The Balaban J connectivity index is 1.59. The van der Waals surface area contributed by atoms with Crippen LogP contribution in [0.25, 0.3) is 0 Å². The van der Waals surface area contributed by atoms with Crippen LogP contribution in [0.5, 0.6) is 17.5 Å². The van der Waals surface area contributed by atoms with Crippen LogP contribution in [-0.2, 0) is 4.79 Å². The van der Waals surface area contributed by atoms with Crippen LogP contribution in [0.2, 0.25) is 0 Å². The molecule has 3 rings (SSSR count). The number of ether oxygens (including phenoxy) is 2. The Morgan fingerprint density at radius 2 is 1.96 bits per heavy atom. The largest absolute Gasteiger partial charge is 0.481 e. The highest BCUT2D eigenvalue weighted by Gasteiger charge is 2.10. The second-order valence-corrected chi connectivity index (χ2v) is 6.44. The highest BCUT2D eigenvalue weighted by Crippen LogP contribution is 2.24. The van der Waals surface area contributed by atoms with Gasteiger partial charge in [-0.1, -0.05) is 15.9 Å². The van der Waals surface area contributed by atoms with Crippen molar-refractivity contribution in [2.24, 2.45) is 0 Å². The van der Waals surface area contributed by atoms with Gasteiger partial charge in [-0.25, -0.2) is 14.4 Å². The standard InChI is InChI=1S/C19H15BrFN3O3/c1-12-9-14(27-19-22-7-2-8-23-19)4-5-16(12)24-18(25)11-26-17-6-3-13(20)10-15(17)21/h2-10H,11H2,1H3,(H,24,25). The van der Waals surface area contributed by atoms with E-state index in [2.05, 4.69) is 31.2 Å². The second-order valence-electron chi connectivity index (χ2n) is 5.52. The van der Waals surface area contributed by atoms with E-state index in [9.17, 15) is 9.18 Å². The van der Waals surface area contributed by atoms with Gasteiger partial charge < -0.3 is 14.8 Å². The molecule has 0 bridgehead atoms. The third-order valence-corrected chi connectivity index (χ3v) is 3.97. The summed E-state index contributed by atoms with van der Waals surface area (Å²) < 4.78 is 25.1. The van der Waals surface area contributed by atoms with Crippen LogP contribution in [-0.4, -0.2) is 22.5 Å². The minimum Gasteiger partial charge on any atom is -0.481 e. The lowest BCUT2D eigenvalue weighted by Crippen LogP contribution is -2.21. The van der Waals surface area contributed by atoms with Crippen molar-refractivity contribution in [3.05, 3.63) is 70.7 Å². The van der Waals surface area contributed by atoms with Crippen molar-refractivity contribution >= 4 is 27.5 Å². The molecule has 0 spiro atoms. The summed E-state index contributed by atoms with van der Waals surface area (Å²) in [4.78, 5) is 20.0. The molecular formula is C19H15BrFN3O3. The van der Waals surface area contributed by atoms with Gasteiger partial charge in [0.25, 0.3) is 5.91 Å². The van der Waals surface area contributed by atoms with E-state index in [0.29, 0.717) is 15.9 Å². The fourth-order valence-corrected chi connectivity index (χ4v) is 2.54. The molecule has 8 heteroatoms. The molecule has 0 aliphatic heterocycles. The summed E-state index contributed by atoms with van der Waals surface area (Å²) >= 11 is 3.16. The van der Waals surface area contributed by atoms with Gasteiger partial charge in [0.1, 0.15) is 5.75 Å².